The molecule has 0 aliphatic rings. The van der Waals surface area contributed by atoms with Crippen LogP contribution in [0.4, 0.5) is 0 Å². The highest BCUT2D eigenvalue weighted by atomic mass is 16.1. The zero-order valence-corrected chi connectivity index (χ0v) is 22.1. The van der Waals surface area contributed by atoms with Crippen molar-refractivity contribution in [3.8, 4) is 5.69 Å². The van der Waals surface area contributed by atoms with Crippen LogP contribution in [0.2, 0.25) is 0 Å². The lowest BCUT2D eigenvalue weighted by Gasteiger charge is -2.20. The molecule has 0 fully saturated rings. The van der Waals surface area contributed by atoms with Gasteiger partial charge in [-0.15, -0.1) is 10.2 Å². The fourth-order valence-electron chi connectivity index (χ4n) is 5.12. The van der Waals surface area contributed by atoms with Crippen LogP contribution in [0.25, 0.3) is 16.6 Å². The molecule has 2 N–H and O–H groups in total. The number of para-hydroxylation sites is 2. The number of hydrogen-bond acceptors (Lipinski definition) is 4. The van der Waals surface area contributed by atoms with Gasteiger partial charge in [-0.05, 0) is 47.9 Å². The molecule has 40 heavy (non-hydrogen) atoms. The molecule has 7 heteroatoms. The Balaban J connectivity index is 1.37. The third-order valence-corrected chi connectivity index (χ3v) is 7.06. The number of aromatic nitrogens is 5. The number of amides is 1. The third-order valence-electron chi connectivity index (χ3n) is 7.06. The van der Waals surface area contributed by atoms with Gasteiger partial charge in [0.1, 0.15) is 5.82 Å². The van der Waals surface area contributed by atoms with Gasteiger partial charge in [0, 0.05) is 47.5 Å². The van der Waals surface area contributed by atoms with E-state index in [1.807, 2.05) is 60.8 Å². The van der Waals surface area contributed by atoms with Crippen LogP contribution in [0.3, 0.4) is 0 Å². The van der Waals surface area contributed by atoms with Crippen LogP contribution < -0.4 is 5.32 Å². The van der Waals surface area contributed by atoms with E-state index in [1.54, 1.807) is 6.20 Å². The lowest BCUT2D eigenvalue weighted by atomic mass is 10.0. The Bertz CT molecular complexity index is 1690. The van der Waals surface area contributed by atoms with Gasteiger partial charge < -0.3 is 10.3 Å². The molecule has 0 bridgehead atoms. The molecule has 6 aromatic rings. The monoisotopic (exact) mass is 526 g/mol. The molecule has 0 saturated carbocycles. The Kier molecular flexibility index (Phi) is 7.44. The van der Waals surface area contributed by atoms with Crippen LogP contribution in [-0.2, 0) is 30.5 Å². The van der Waals surface area contributed by atoms with E-state index in [1.165, 1.54) is 5.56 Å². The van der Waals surface area contributed by atoms with Gasteiger partial charge in [0.05, 0.1) is 12.5 Å². The van der Waals surface area contributed by atoms with E-state index >= 15 is 0 Å². The van der Waals surface area contributed by atoms with Gasteiger partial charge in [-0.3, -0.25) is 14.3 Å². The minimum atomic E-state index is -0.409. The van der Waals surface area contributed by atoms with E-state index in [-0.39, 0.29) is 12.3 Å². The number of nitrogens with one attached hydrogen (secondary N) is 2. The van der Waals surface area contributed by atoms with Crippen molar-refractivity contribution in [1.29, 1.82) is 0 Å². The molecule has 1 atom stereocenters. The predicted molar refractivity (Wildman–Crippen MR) is 156 cm³/mol. The maximum Gasteiger partial charge on any atom is 0.226 e. The Morgan fingerprint density at radius 2 is 1.57 bits per heavy atom. The summed E-state index contributed by atoms with van der Waals surface area (Å²) in [6.45, 7) is 0. The number of benzene rings is 3. The second kappa shape index (κ2) is 11.8. The van der Waals surface area contributed by atoms with Crippen molar-refractivity contribution in [1.82, 2.24) is 30.0 Å². The fraction of sp³-hybridized carbons (Fsp3) is 0.152. The largest absolute Gasteiger partial charge is 0.361 e. The number of carbonyl (C=O) groups excluding carboxylic acids is 1. The van der Waals surface area contributed by atoms with Gasteiger partial charge >= 0.3 is 0 Å². The van der Waals surface area contributed by atoms with Crippen molar-refractivity contribution in [3.05, 3.63) is 144 Å². The molecular formula is C33H30N6O. The maximum absolute atomic E-state index is 13.3. The summed E-state index contributed by atoms with van der Waals surface area (Å²) in [5, 5.41) is 13.7. The van der Waals surface area contributed by atoms with E-state index < -0.39 is 6.04 Å². The van der Waals surface area contributed by atoms with Crippen molar-refractivity contribution in [2.45, 2.75) is 31.7 Å². The minimum Gasteiger partial charge on any atom is -0.361 e. The van der Waals surface area contributed by atoms with Gasteiger partial charge in [0.25, 0.3) is 0 Å². The molecule has 6 rings (SSSR count). The van der Waals surface area contributed by atoms with E-state index in [9.17, 15) is 4.79 Å². The van der Waals surface area contributed by atoms with Gasteiger partial charge in [0.2, 0.25) is 5.91 Å². The predicted octanol–water partition coefficient (Wildman–Crippen LogP) is 5.57. The summed E-state index contributed by atoms with van der Waals surface area (Å²) >= 11 is 0. The first kappa shape index (κ1) is 25.2. The number of aryl methyl sites for hydroxylation is 2. The summed E-state index contributed by atoms with van der Waals surface area (Å²) < 4.78 is 2.10. The number of aromatic amines is 1. The van der Waals surface area contributed by atoms with E-state index in [2.05, 4.69) is 73.5 Å². The molecule has 3 heterocycles. The molecule has 0 aliphatic heterocycles. The molecule has 3 aromatic heterocycles. The average Bonchev–Trinajstić information content (AvgIpc) is 3.61. The Labute approximate surface area is 232 Å². The molecule has 198 valence electrons. The first-order valence-electron chi connectivity index (χ1n) is 13.5. The van der Waals surface area contributed by atoms with Crippen LogP contribution in [0.15, 0.2) is 116 Å². The second-order valence-electron chi connectivity index (χ2n) is 9.81. The Morgan fingerprint density at radius 3 is 2.38 bits per heavy atom. The van der Waals surface area contributed by atoms with Gasteiger partial charge in [-0.2, -0.15) is 0 Å². The molecule has 0 saturated heterocycles. The third kappa shape index (κ3) is 5.68. The zero-order valence-electron chi connectivity index (χ0n) is 22.1. The molecule has 7 nitrogen and oxygen atoms in total. The smallest absolute Gasteiger partial charge is 0.226 e. The second-order valence-corrected chi connectivity index (χ2v) is 9.81. The Morgan fingerprint density at radius 1 is 0.825 bits per heavy atom. The van der Waals surface area contributed by atoms with E-state index in [4.69, 9.17) is 5.10 Å². The molecular weight excluding hydrogens is 496 g/mol. The summed E-state index contributed by atoms with van der Waals surface area (Å²) in [6.07, 6.45) is 6.02. The number of rotatable bonds is 10. The number of fused-ring (bicyclic) bond motifs is 1. The topological polar surface area (TPSA) is 88.5 Å². The minimum absolute atomic E-state index is 0.114. The number of nitrogens with zero attached hydrogens (tertiary/aromatic N) is 4. The van der Waals surface area contributed by atoms with Crippen LogP contribution in [0, 0.1) is 0 Å². The summed E-state index contributed by atoms with van der Waals surface area (Å²) in [5.74, 6) is 1.44. The lowest BCUT2D eigenvalue weighted by molar-refractivity contribution is -0.121. The molecule has 1 unspecified atom stereocenters. The quantitative estimate of drug-likeness (QED) is 0.244. The highest BCUT2D eigenvalue weighted by Gasteiger charge is 2.25. The van der Waals surface area contributed by atoms with Crippen LogP contribution in [-0.4, -0.2) is 30.6 Å². The van der Waals surface area contributed by atoms with E-state index in [0.29, 0.717) is 18.7 Å². The van der Waals surface area contributed by atoms with Crippen LogP contribution in [0.5, 0.6) is 0 Å². The average molecular weight is 527 g/mol. The number of pyridine rings is 1. The van der Waals surface area contributed by atoms with Gasteiger partial charge in [0.15, 0.2) is 5.82 Å². The number of hydrogen-bond donors (Lipinski definition) is 2. The molecule has 0 radical (unpaired) electrons. The first-order valence-corrected chi connectivity index (χ1v) is 13.5. The lowest BCUT2D eigenvalue weighted by Crippen LogP contribution is -2.33. The highest BCUT2D eigenvalue weighted by Crippen LogP contribution is 2.27. The summed E-state index contributed by atoms with van der Waals surface area (Å²) in [5.41, 5.74) is 5.09. The SMILES string of the molecule is O=C(Cc1ccccn1)NC(Cc1c[nH]c2ccccc12)c1nnc(CCc2ccccc2)n1-c1ccccc1. The van der Waals surface area contributed by atoms with Crippen molar-refractivity contribution in [2.75, 3.05) is 0 Å². The summed E-state index contributed by atoms with van der Waals surface area (Å²) in [7, 11) is 0. The normalized spacial score (nSPS) is 11.9. The Hall–Kier alpha value is -5.04. The standard InChI is InChI=1S/C33H30N6O/c40-32(22-26-13-9-10-20-34-26)36-30(21-25-23-35-29-17-8-7-16-28(25)29)33-38-37-31(19-18-24-11-3-1-4-12-24)39(33)27-14-5-2-6-15-27/h1-17,20,23,30,35H,18-19,21-22H2,(H,36,40). The van der Waals surface area contributed by atoms with E-state index in [0.717, 1.165) is 40.1 Å². The number of carbonyl (C=O) groups is 1. The fourth-order valence-corrected chi connectivity index (χ4v) is 5.12. The van der Waals surface area contributed by atoms with Crippen molar-refractivity contribution in [3.63, 3.8) is 0 Å². The first-order chi connectivity index (χ1) is 19.7. The summed E-state index contributed by atoms with van der Waals surface area (Å²) in [6, 6.07) is 33.9. The molecule has 1 amide bonds. The summed E-state index contributed by atoms with van der Waals surface area (Å²) in [4.78, 5) is 21.0. The molecule has 0 spiro atoms. The van der Waals surface area contributed by atoms with Crippen LogP contribution in [0.1, 0.15) is 34.5 Å². The molecule has 0 aliphatic carbocycles. The van der Waals surface area contributed by atoms with Crippen LogP contribution >= 0.6 is 0 Å². The zero-order chi connectivity index (χ0) is 27.1. The number of H-pyrrole nitrogens is 1. The van der Waals surface area contributed by atoms with Gasteiger partial charge in [-0.25, -0.2) is 0 Å². The highest BCUT2D eigenvalue weighted by molar-refractivity contribution is 5.83. The maximum atomic E-state index is 13.3. The van der Waals surface area contributed by atoms with Crippen molar-refractivity contribution >= 4 is 16.8 Å². The van der Waals surface area contributed by atoms with Crippen molar-refractivity contribution in [2.24, 2.45) is 0 Å². The van der Waals surface area contributed by atoms with Gasteiger partial charge in [-0.1, -0.05) is 72.8 Å². The molecule has 3 aromatic carbocycles. The van der Waals surface area contributed by atoms with Crippen molar-refractivity contribution < 1.29 is 4.79 Å².